The molecule has 0 aromatic carbocycles. The molecule has 2 aliphatic carbocycles. The van der Waals surface area contributed by atoms with Crippen LogP contribution in [0.4, 0.5) is 4.79 Å². The highest BCUT2D eigenvalue weighted by molar-refractivity contribution is 5.84. The molecule has 5 nitrogen and oxygen atoms in total. The smallest absolute Gasteiger partial charge is 0.315 e. The van der Waals surface area contributed by atoms with E-state index in [-0.39, 0.29) is 18.5 Å². The van der Waals surface area contributed by atoms with Gasteiger partial charge in [0.1, 0.15) is 0 Å². The fourth-order valence-corrected chi connectivity index (χ4v) is 2.15. The minimum absolute atomic E-state index is 0.0784. The monoisotopic (exact) mass is 239 g/mol. The van der Waals surface area contributed by atoms with E-state index in [1.807, 2.05) is 0 Å². The number of urea groups is 1. The summed E-state index contributed by atoms with van der Waals surface area (Å²) in [6, 6.07) is 0.409. The summed E-state index contributed by atoms with van der Waals surface area (Å²) in [6.45, 7) is 0.0784. The van der Waals surface area contributed by atoms with Crippen LogP contribution in [0.2, 0.25) is 0 Å². The lowest BCUT2D eigenvalue weighted by Gasteiger charge is -2.22. The van der Waals surface area contributed by atoms with Gasteiger partial charge >= 0.3 is 6.03 Å². The molecule has 2 saturated carbocycles. The van der Waals surface area contributed by atoms with E-state index in [4.69, 9.17) is 0 Å². The van der Waals surface area contributed by atoms with Crippen LogP contribution >= 0.6 is 0 Å². The second kappa shape index (κ2) is 5.89. The molecule has 0 radical (unpaired) electrons. The Labute approximate surface area is 102 Å². The van der Waals surface area contributed by atoms with Gasteiger partial charge in [-0.25, -0.2) is 4.79 Å². The molecule has 0 bridgehead atoms. The van der Waals surface area contributed by atoms with Crippen LogP contribution in [-0.4, -0.2) is 30.6 Å². The van der Waals surface area contributed by atoms with E-state index in [0.717, 1.165) is 25.7 Å². The van der Waals surface area contributed by atoms with Crippen LogP contribution in [0.3, 0.4) is 0 Å². The van der Waals surface area contributed by atoms with Gasteiger partial charge in [-0.1, -0.05) is 19.3 Å². The van der Waals surface area contributed by atoms with Gasteiger partial charge in [-0.15, -0.1) is 0 Å². The van der Waals surface area contributed by atoms with Gasteiger partial charge in [-0.05, 0) is 25.7 Å². The van der Waals surface area contributed by atoms with Crippen molar-refractivity contribution in [3.63, 3.8) is 0 Å². The molecule has 0 unspecified atom stereocenters. The maximum atomic E-state index is 11.6. The molecule has 0 aromatic rings. The summed E-state index contributed by atoms with van der Waals surface area (Å²) in [7, 11) is 0. The Kier molecular flexibility index (Phi) is 4.23. The fraction of sp³-hybridized carbons (Fsp3) is 0.833. The highest BCUT2D eigenvalue weighted by atomic mass is 16.2. The van der Waals surface area contributed by atoms with Gasteiger partial charge in [0.15, 0.2) is 0 Å². The summed E-state index contributed by atoms with van der Waals surface area (Å²) in [6.07, 6.45) is 7.92. The Hall–Kier alpha value is -1.26. The van der Waals surface area contributed by atoms with Crippen LogP contribution < -0.4 is 16.0 Å². The van der Waals surface area contributed by atoms with Crippen LogP contribution in [0, 0.1) is 0 Å². The summed E-state index contributed by atoms with van der Waals surface area (Å²) >= 11 is 0. The molecule has 17 heavy (non-hydrogen) atoms. The second-order valence-corrected chi connectivity index (χ2v) is 5.00. The third-order valence-corrected chi connectivity index (χ3v) is 3.29. The summed E-state index contributed by atoms with van der Waals surface area (Å²) in [5, 5.41) is 8.33. The first-order valence-electron chi connectivity index (χ1n) is 6.58. The van der Waals surface area contributed by atoms with Crippen LogP contribution in [0.5, 0.6) is 0 Å². The molecular weight excluding hydrogens is 218 g/mol. The van der Waals surface area contributed by atoms with E-state index in [2.05, 4.69) is 16.0 Å². The number of hydrogen-bond acceptors (Lipinski definition) is 2. The standard InChI is InChI=1S/C12H21N3O2/c16-11(14-9-4-2-1-3-5-9)8-13-12(17)15-10-6-7-10/h9-10H,1-8H2,(H,14,16)(H2,13,15,17). The van der Waals surface area contributed by atoms with Crippen molar-refractivity contribution < 1.29 is 9.59 Å². The van der Waals surface area contributed by atoms with Crippen molar-refractivity contribution in [2.24, 2.45) is 0 Å². The van der Waals surface area contributed by atoms with Crippen molar-refractivity contribution in [1.29, 1.82) is 0 Å². The first-order chi connectivity index (χ1) is 8.24. The van der Waals surface area contributed by atoms with E-state index < -0.39 is 0 Å². The van der Waals surface area contributed by atoms with Gasteiger partial charge in [-0.2, -0.15) is 0 Å². The van der Waals surface area contributed by atoms with Crippen LogP contribution in [0.1, 0.15) is 44.9 Å². The van der Waals surface area contributed by atoms with Gasteiger partial charge < -0.3 is 16.0 Å². The van der Waals surface area contributed by atoms with Gasteiger partial charge in [0.2, 0.25) is 5.91 Å². The summed E-state index contributed by atoms with van der Waals surface area (Å²) in [5.41, 5.74) is 0. The highest BCUT2D eigenvalue weighted by Gasteiger charge is 2.23. The van der Waals surface area contributed by atoms with E-state index in [9.17, 15) is 9.59 Å². The molecule has 0 aromatic heterocycles. The van der Waals surface area contributed by atoms with Crippen LogP contribution in [-0.2, 0) is 4.79 Å². The average Bonchev–Trinajstić information content (AvgIpc) is 3.12. The van der Waals surface area contributed by atoms with Crippen molar-refractivity contribution in [3.05, 3.63) is 0 Å². The zero-order valence-corrected chi connectivity index (χ0v) is 10.1. The van der Waals surface area contributed by atoms with Crippen molar-refractivity contribution >= 4 is 11.9 Å². The van der Waals surface area contributed by atoms with Gasteiger partial charge in [0, 0.05) is 12.1 Å². The van der Waals surface area contributed by atoms with Gasteiger partial charge in [-0.3, -0.25) is 4.79 Å². The van der Waals surface area contributed by atoms with Crippen molar-refractivity contribution in [3.8, 4) is 0 Å². The number of carbonyl (C=O) groups is 2. The molecule has 0 heterocycles. The number of hydrogen-bond donors (Lipinski definition) is 3. The second-order valence-electron chi connectivity index (χ2n) is 5.00. The average molecular weight is 239 g/mol. The topological polar surface area (TPSA) is 70.2 Å². The maximum absolute atomic E-state index is 11.6. The molecule has 0 aliphatic heterocycles. The zero-order chi connectivity index (χ0) is 12.1. The zero-order valence-electron chi connectivity index (χ0n) is 10.1. The van der Waals surface area contributed by atoms with Gasteiger partial charge in [0.25, 0.3) is 0 Å². The van der Waals surface area contributed by atoms with Gasteiger partial charge in [0.05, 0.1) is 6.54 Å². The maximum Gasteiger partial charge on any atom is 0.315 e. The third kappa shape index (κ3) is 4.63. The molecule has 3 N–H and O–H groups in total. The number of carbonyl (C=O) groups excluding carboxylic acids is 2. The predicted octanol–water partition coefficient (Wildman–Crippen LogP) is 0.897. The molecule has 0 spiro atoms. The first kappa shape index (κ1) is 12.2. The summed E-state index contributed by atoms with van der Waals surface area (Å²) < 4.78 is 0. The number of nitrogens with one attached hydrogen (secondary N) is 3. The molecule has 2 fully saturated rings. The largest absolute Gasteiger partial charge is 0.352 e. The lowest BCUT2D eigenvalue weighted by atomic mass is 9.95. The lowest BCUT2D eigenvalue weighted by Crippen LogP contribution is -2.45. The van der Waals surface area contributed by atoms with E-state index >= 15 is 0 Å². The Morgan fingerprint density at radius 3 is 2.18 bits per heavy atom. The molecular formula is C12H21N3O2. The highest BCUT2D eigenvalue weighted by Crippen LogP contribution is 2.18. The Morgan fingerprint density at radius 1 is 0.882 bits per heavy atom. The molecule has 2 rings (SSSR count). The molecule has 0 atom stereocenters. The van der Waals surface area contributed by atoms with Crippen LogP contribution in [0.15, 0.2) is 0 Å². The van der Waals surface area contributed by atoms with E-state index in [1.54, 1.807) is 0 Å². The van der Waals surface area contributed by atoms with Crippen LogP contribution in [0.25, 0.3) is 0 Å². The van der Waals surface area contributed by atoms with E-state index in [0.29, 0.717) is 12.1 Å². The third-order valence-electron chi connectivity index (χ3n) is 3.29. The number of amides is 3. The predicted molar refractivity (Wildman–Crippen MR) is 64.6 cm³/mol. The summed E-state index contributed by atoms with van der Waals surface area (Å²) in [5.74, 6) is -0.0807. The minimum Gasteiger partial charge on any atom is -0.352 e. The fourth-order valence-electron chi connectivity index (χ4n) is 2.15. The molecule has 2 aliphatic rings. The Morgan fingerprint density at radius 2 is 1.53 bits per heavy atom. The first-order valence-corrected chi connectivity index (χ1v) is 6.58. The molecule has 5 heteroatoms. The van der Waals surface area contributed by atoms with Crippen molar-refractivity contribution in [1.82, 2.24) is 16.0 Å². The quantitative estimate of drug-likeness (QED) is 0.682. The Bertz CT molecular complexity index is 283. The SMILES string of the molecule is O=C(CNC(=O)NC1CC1)NC1CCCCC1. The van der Waals surface area contributed by atoms with Crippen molar-refractivity contribution in [2.75, 3.05) is 6.54 Å². The molecule has 3 amide bonds. The lowest BCUT2D eigenvalue weighted by molar-refractivity contribution is -0.121. The molecule has 0 saturated heterocycles. The normalized spacial score (nSPS) is 20.7. The Balaban J connectivity index is 1.57. The number of rotatable bonds is 4. The van der Waals surface area contributed by atoms with Crippen molar-refractivity contribution in [2.45, 2.75) is 57.0 Å². The van der Waals surface area contributed by atoms with E-state index in [1.165, 1.54) is 19.3 Å². The molecule has 96 valence electrons. The minimum atomic E-state index is -0.230. The summed E-state index contributed by atoms with van der Waals surface area (Å²) in [4.78, 5) is 22.9.